The van der Waals surface area contributed by atoms with Crippen LogP contribution in [0, 0.1) is 0 Å². The Morgan fingerprint density at radius 1 is 1.56 bits per heavy atom. The highest BCUT2D eigenvalue weighted by atomic mass is 19.4. The van der Waals surface area contributed by atoms with Gasteiger partial charge in [-0.05, 0) is 0 Å². The standard InChI is InChI=1S/C8H7F3N2O3/c9-8(10,11)5-1-3-4(2-16-5)12-13-6(3)7(14)15/h5H,1-2H2,(H,12,13)(H,14,15). The van der Waals surface area contributed by atoms with Crippen LogP contribution in [-0.4, -0.2) is 33.6 Å². The van der Waals surface area contributed by atoms with Crippen LogP contribution in [0.1, 0.15) is 21.7 Å². The molecule has 0 aliphatic carbocycles. The molecule has 16 heavy (non-hydrogen) atoms. The average molecular weight is 236 g/mol. The number of hydrogen-bond acceptors (Lipinski definition) is 3. The molecule has 0 bridgehead atoms. The van der Waals surface area contributed by atoms with Crippen molar-refractivity contribution < 1.29 is 27.8 Å². The minimum atomic E-state index is -4.50. The number of carboxylic acids is 1. The largest absolute Gasteiger partial charge is 0.476 e. The number of halogens is 3. The van der Waals surface area contributed by atoms with E-state index in [1.165, 1.54) is 0 Å². The third-order valence-corrected chi connectivity index (χ3v) is 2.34. The number of aromatic amines is 1. The predicted octanol–water partition coefficient (Wildman–Crippen LogP) is 1.11. The Balaban J connectivity index is 2.31. The quantitative estimate of drug-likeness (QED) is 0.765. The summed E-state index contributed by atoms with van der Waals surface area (Å²) in [5, 5.41) is 14.5. The maximum absolute atomic E-state index is 12.4. The fourth-order valence-electron chi connectivity index (χ4n) is 1.56. The third kappa shape index (κ3) is 1.75. The van der Waals surface area contributed by atoms with Crippen LogP contribution in [0.15, 0.2) is 0 Å². The molecule has 2 N–H and O–H groups in total. The van der Waals surface area contributed by atoms with Crippen LogP contribution < -0.4 is 0 Å². The molecule has 1 aliphatic heterocycles. The van der Waals surface area contributed by atoms with Crippen LogP contribution >= 0.6 is 0 Å². The van der Waals surface area contributed by atoms with Crippen molar-refractivity contribution in [3.63, 3.8) is 0 Å². The van der Waals surface area contributed by atoms with Gasteiger partial charge in [-0.2, -0.15) is 18.3 Å². The molecule has 2 rings (SSSR count). The lowest BCUT2D eigenvalue weighted by Crippen LogP contribution is -2.36. The zero-order valence-corrected chi connectivity index (χ0v) is 7.84. The molecule has 1 aromatic heterocycles. The van der Waals surface area contributed by atoms with Crippen LogP contribution in [0.25, 0.3) is 0 Å². The number of nitrogens with zero attached hydrogens (tertiary/aromatic N) is 1. The summed E-state index contributed by atoms with van der Waals surface area (Å²) in [7, 11) is 0. The second-order valence-corrected chi connectivity index (χ2v) is 3.38. The van der Waals surface area contributed by atoms with Gasteiger partial charge in [-0.15, -0.1) is 0 Å². The highest BCUT2D eigenvalue weighted by Gasteiger charge is 2.44. The monoisotopic (exact) mass is 236 g/mol. The number of rotatable bonds is 1. The summed E-state index contributed by atoms with van der Waals surface area (Å²) in [4.78, 5) is 10.7. The average Bonchev–Trinajstić information content (AvgIpc) is 2.58. The summed E-state index contributed by atoms with van der Waals surface area (Å²) in [6.45, 7) is -0.306. The zero-order chi connectivity index (χ0) is 11.9. The van der Waals surface area contributed by atoms with Gasteiger partial charge in [0.15, 0.2) is 11.8 Å². The van der Waals surface area contributed by atoms with Gasteiger partial charge in [-0.3, -0.25) is 5.10 Å². The summed E-state index contributed by atoms with van der Waals surface area (Å²) in [6.07, 6.45) is -6.97. The predicted molar refractivity (Wildman–Crippen MR) is 43.9 cm³/mol. The number of aromatic nitrogens is 2. The smallest absolute Gasteiger partial charge is 0.414 e. The van der Waals surface area contributed by atoms with Gasteiger partial charge in [-0.25, -0.2) is 4.79 Å². The zero-order valence-electron chi connectivity index (χ0n) is 7.84. The Bertz CT molecular complexity index is 427. The Hall–Kier alpha value is -1.57. The van der Waals surface area contributed by atoms with Gasteiger partial charge in [0.2, 0.25) is 0 Å². The SMILES string of the molecule is O=C(O)c1n[nH]c2c1CC(C(F)(F)F)OC2. The van der Waals surface area contributed by atoms with Crippen molar-refractivity contribution in [1.29, 1.82) is 0 Å². The Labute approximate surface area is 87.2 Å². The Morgan fingerprint density at radius 2 is 2.25 bits per heavy atom. The topological polar surface area (TPSA) is 75.2 Å². The van der Waals surface area contributed by atoms with Gasteiger partial charge < -0.3 is 9.84 Å². The number of ether oxygens (including phenoxy) is 1. The number of nitrogens with one attached hydrogen (secondary N) is 1. The van der Waals surface area contributed by atoms with Gasteiger partial charge in [0.1, 0.15) is 0 Å². The van der Waals surface area contributed by atoms with Crippen molar-refractivity contribution in [2.75, 3.05) is 0 Å². The highest BCUT2D eigenvalue weighted by molar-refractivity contribution is 5.87. The van der Waals surface area contributed by atoms with Crippen LogP contribution in [0.4, 0.5) is 13.2 Å². The molecule has 1 atom stereocenters. The fourth-order valence-corrected chi connectivity index (χ4v) is 1.56. The molecule has 0 radical (unpaired) electrons. The summed E-state index contributed by atoms with van der Waals surface area (Å²) in [6, 6.07) is 0. The normalized spacial score (nSPS) is 20.6. The molecule has 0 amide bonds. The minimum Gasteiger partial charge on any atom is -0.476 e. The lowest BCUT2D eigenvalue weighted by atomic mass is 10.0. The maximum atomic E-state index is 12.4. The molecule has 0 fully saturated rings. The maximum Gasteiger partial charge on any atom is 0.414 e. The van der Waals surface area contributed by atoms with E-state index in [1.807, 2.05) is 0 Å². The van der Waals surface area contributed by atoms with E-state index >= 15 is 0 Å². The second kappa shape index (κ2) is 3.48. The van der Waals surface area contributed by atoms with E-state index < -0.39 is 24.7 Å². The first-order valence-corrected chi connectivity index (χ1v) is 4.37. The molecule has 0 saturated heterocycles. The van der Waals surface area contributed by atoms with E-state index in [2.05, 4.69) is 14.9 Å². The number of aromatic carboxylic acids is 1. The van der Waals surface area contributed by atoms with E-state index in [0.29, 0.717) is 0 Å². The number of alkyl halides is 3. The summed E-state index contributed by atoms with van der Waals surface area (Å²) >= 11 is 0. The van der Waals surface area contributed by atoms with Crippen molar-refractivity contribution in [2.24, 2.45) is 0 Å². The number of fused-ring (bicyclic) bond motifs is 1. The first-order chi connectivity index (χ1) is 7.39. The molecular weight excluding hydrogens is 229 g/mol. The molecule has 1 aliphatic rings. The molecule has 0 aromatic carbocycles. The number of H-pyrrole nitrogens is 1. The first-order valence-electron chi connectivity index (χ1n) is 4.37. The molecule has 5 nitrogen and oxygen atoms in total. The highest BCUT2D eigenvalue weighted by Crippen LogP contribution is 2.31. The van der Waals surface area contributed by atoms with Gasteiger partial charge in [0.25, 0.3) is 0 Å². The van der Waals surface area contributed by atoms with Crippen LogP contribution in [0.2, 0.25) is 0 Å². The van der Waals surface area contributed by atoms with E-state index in [0.717, 1.165) is 0 Å². The molecule has 2 heterocycles. The van der Waals surface area contributed by atoms with Gasteiger partial charge >= 0.3 is 12.1 Å². The van der Waals surface area contributed by atoms with Crippen molar-refractivity contribution >= 4 is 5.97 Å². The third-order valence-electron chi connectivity index (χ3n) is 2.34. The second-order valence-electron chi connectivity index (χ2n) is 3.38. The van der Waals surface area contributed by atoms with Gasteiger partial charge in [0.05, 0.1) is 12.3 Å². The van der Waals surface area contributed by atoms with Crippen LogP contribution in [0.5, 0.6) is 0 Å². The number of hydrogen-bond donors (Lipinski definition) is 2. The van der Waals surface area contributed by atoms with Crippen molar-refractivity contribution in [3.8, 4) is 0 Å². The van der Waals surface area contributed by atoms with Gasteiger partial charge in [-0.1, -0.05) is 0 Å². The Kier molecular flexibility index (Phi) is 2.38. The van der Waals surface area contributed by atoms with Crippen molar-refractivity contribution in [1.82, 2.24) is 10.2 Å². The van der Waals surface area contributed by atoms with Crippen LogP contribution in [0.3, 0.4) is 0 Å². The first kappa shape index (κ1) is 10.9. The summed E-state index contributed by atoms with van der Waals surface area (Å²) < 4.78 is 41.7. The van der Waals surface area contributed by atoms with Crippen LogP contribution in [-0.2, 0) is 17.8 Å². The van der Waals surface area contributed by atoms with E-state index in [4.69, 9.17) is 5.11 Å². The lowest BCUT2D eigenvalue weighted by molar-refractivity contribution is -0.226. The fraction of sp³-hybridized carbons (Fsp3) is 0.500. The molecule has 88 valence electrons. The lowest BCUT2D eigenvalue weighted by Gasteiger charge is -2.24. The van der Waals surface area contributed by atoms with Gasteiger partial charge in [0, 0.05) is 12.0 Å². The summed E-state index contributed by atoms with van der Waals surface area (Å²) in [5.74, 6) is -1.35. The molecular formula is C8H7F3N2O3. The molecule has 1 aromatic rings. The molecule has 1 unspecified atom stereocenters. The number of carbonyl (C=O) groups is 1. The van der Waals surface area contributed by atoms with E-state index in [1.54, 1.807) is 0 Å². The Morgan fingerprint density at radius 3 is 2.81 bits per heavy atom. The molecule has 8 heteroatoms. The van der Waals surface area contributed by atoms with E-state index in [9.17, 15) is 18.0 Å². The van der Waals surface area contributed by atoms with E-state index in [-0.39, 0.29) is 23.6 Å². The minimum absolute atomic E-state index is 0.0704. The molecule has 0 saturated carbocycles. The number of carboxylic acid groups (broad SMARTS) is 1. The molecule has 0 spiro atoms. The van der Waals surface area contributed by atoms with Crippen molar-refractivity contribution in [2.45, 2.75) is 25.3 Å². The summed E-state index contributed by atoms with van der Waals surface area (Å²) in [5.41, 5.74) is -0.00785. The van der Waals surface area contributed by atoms with Crippen molar-refractivity contribution in [3.05, 3.63) is 17.0 Å².